The Hall–Kier alpha value is -5.51. The van der Waals surface area contributed by atoms with Crippen LogP contribution in [0.25, 0.3) is 55.3 Å². The van der Waals surface area contributed by atoms with E-state index in [1.807, 2.05) is 24.0 Å². The van der Waals surface area contributed by atoms with Crippen LogP contribution in [-0.2, 0) is 5.41 Å². The normalized spacial score (nSPS) is 13.7. The van der Waals surface area contributed by atoms with E-state index in [1.165, 1.54) is 54.3 Å². The number of pyridine rings is 2. The molecule has 1 aliphatic heterocycles. The van der Waals surface area contributed by atoms with E-state index in [1.54, 1.807) is 0 Å². The van der Waals surface area contributed by atoms with Gasteiger partial charge in [-0.25, -0.2) is 4.98 Å². The summed E-state index contributed by atoms with van der Waals surface area (Å²) in [5.41, 5.74) is 14.0. The molecule has 3 heteroatoms. The lowest BCUT2D eigenvalue weighted by atomic mass is 9.67. The van der Waals surface area contributed by atoms with Crippen LogP contribution in [0.2, 0.25) is 0 Å². The smallest absolute Gasteiger partial charge is 0.0972 e. The van der Waals surface area contributed by atoms with Gasteiger partial charge in [0.05, 0.1) is 22.1 Å². The number of fused-ring (bicyclic) bond motifs is 12. The molecule has 0 atom stereocenters. The Labute approximate surface area is 271 Å². The first-order chi connectivity index (χ1) is 22.8. The SMILES string of the molecule is c1cc(-c2ccc3c(c2)C2(c4ccccc4S3)c3ccccc3-c3ccccc32)cc(-c2ccc3ccc4cccnc4c3n2)c1. The molecule has 8 aromatic rings. The number of nitrogens with zero attached hydrogens (tertiary/aromatic N) is 2. The van der Waals surface area contributed by atoms with Crippen LogP contribution in [0.15, 0.2) is 168 Å². The zero-order valence-electron chi connectivity index (χ0n) is 24.8. The van der Waals surface area contributed by atoms with Crippen LogP contribution >= 0.6 is 11.8 Å². The molecule has 10 rings (SSSR count). The predicted octanol–water partition coefficient (Wildman–Crippen LogP) is 10.9. The van der Waals surface area contributed by atoms with Gasteiger partial charge in [0.2, 0.25) is 0 Å². The molecule has 46 heavy (non-hydrogen) atoms. The molecule has 2 nitrogen and oxygen atoms in total. The molecule has 1 spiro atoms. The summed E-state index contributed by atoms with van der Waals surface area (Å²) in [7, 11) is 0. The molecule has 0 saturated carbocycles. The summed E-state index contributed by atoms with van der Waals surface area (Å²) < 4.78 is 0. The average Bonchev–Trinajstić information content (AvgIpc) is 3.42. The van der Waals surface area contributed by atoms with Crippen molar-refractivity contribution in [3.05, 3.63) is 180 Å². The highest BCUT2D eigenvalue weighted by atomic mass is 32.2. The summed E-state index contributed by atoms with van der Waals surface area (Å²) in [4.78, 5) is 12.4. The lowest BCUT2D eigenvalue weighted by Gasteiger charge is -2.40. The van der Waals surface area contributed by atoms with Crippen molar-refractivity contribution in [3.63, 3.8) is 0 Å². The van der Waals surface area contributed by atoms with Gasteiger partial charge in [-0.15, -0.1) is 0 Å². The van der Waals surface area contributed by atoms with Crippen molar-refractivity contribution in [2.45, 2.75) is 15.2 Å². The van der Waals surface area contributed by atoms with Crippen molar-refractivity contribution in [2.24, 2.45) is 0 Å². The molecule has 0 saturated heterocycles. The van der Waals surface area contributed by atoms with Gasteiger partial charge in [0.15, 0.2) is 0 Å². The lowest BCUT2D eigenvalue weighted by molar-refractivity contribution is 0.723. The highest BCUT2D eigenvalue weighted by Gasteiger charge is 2.50. The third-order valence-electron chi connectivity index (χ3n) is 9.77. The van der Waals surface area contributed by atoms with Gasteiger partial charge in [-0.1, -0.05) is 127 Å². The number of benzene rings is 6. The Morgan fingerprint density at radius 2 is 1.09 bits per heavy atom. The van der Waals surface area contributed by atoms with E-state index < -0.39 is 0 Å². The van der Waals surface area contributed by atoms with Crippen molar-refractivity contribution in [2.75, 3.05) is 0 Å². The zero-order valence-corrected chi connectivity index (χ0v) is 25.6. The van der Waals surface area contributed by atoms with Crippen LogP contribution in [0.4, 0.5) is 0 Å². The standard InChI is InChI=1S/C43H26N2S/c1-3-14-34-32(12-1)33-13-2-4-15-35(33)43(34)36-16-5-6-17-39(36)46-40-23-21-30(26-37(40)43)29-9-7-10-31(25-29)38-22-20-28-19-18-27-11-8-24-44-41(27)42(28)45-38/h1-26H. The van der Waals surface area contributed by atoms with Gasteiger partial charge in [0.1, 0.15) is 0 Å². The molecule has 0 N–H and O–H groups in total. The number of hydrogen-bond donors (Lipinski definition) is 0. The zero-order chi connectivity index (χ0) is 30.2. The van der Waals surface area contributed by atoms with Gasteiger partial charge in [-0.05, 0) is 80.9 Å². The predicted molar refractivity (Wildman–Crippen MR) is 189 cm³/mol. The first-order valence-electron chi connectivity index (χ1n) is 15.7. The molecule has 0 radical (unpaired) electrons. The second-order valence-electron chi connectivity index (χ2n) is 12.1. The fourth-order valence-electron chi connectivity index (χ4n) is 7.78. The van der Waals surface area contributed by atoms with Crippen LogP contribution in [0, 0.1) is 0 Å². The van der Waals surface area contributed by atoms with E-state index in [0.717, 1.165) is 33.1 Å². The van der Waals surface area contributed by atoms with Gasteiger partial charge in [-0.3, -0.25) is 4.98 Å². The van der Waals surface area contributed by atoms with Crippen LogP contribution < -0.4 is 0 Å². The second-order valence-corrected chi connectivity index (χ2v) is 13.2. The Bertz CT molecular complexity index is 2490. The lowest BCUT2D eigenvalue weighted by Crippen LogP contribution is -2.32. The fourth-order valence-corrected chi connectivity index (χ4v) is 8.95. The molecule has 0 amide bonds. The average molecular weight is 603 g/mol. The molecule has 2 aliphatic rings. The third-order valence-corrected chi connectivity index (χ3v) is 10.9. The summed E-state index contributed by atoms with van der Waals surface area (Å²) >= 11 is 1.88. The Morgan fingerprint density at radius 1 is 0.435 bits per heavy atom. The van der Waals surface area contributed by atoms with Crippen LogP contribution in [0.1, 0.15) is 22.3 Å². The Morgan fingerprint density at radius 3 is 1.91 bits per heavy atom. The molecule has 1 aliphatic carbocycles. The largest absolute Gasteiger partial charge is 0.254 e. The van der Waals surface area contributed by atoms with E-state index >= 15 is 0 Å². The highest BCUT2D eigenvalue weighted by molar-refractivity contribution is 7.99. The number of hydrogen-bond acceptors (Lipinski definition) is 3. The first kappa shape index (κ1) is 25.8. The Balaban J connectivity index is 1.17. The summed E-state index contributed by atoms with van der Waals surface area (Å²) in [6.45, 7) is 0. The van der Waals surface area contributed by atoms with E-state index in [4.69, 9.17) is 4.98 Å². The van der Waals surface area contributed by atoms with E-state index in [2.05, 4.69) is 151 Å². The van der Waals surface area contributed by atoms with Gasteiger partial charge in [-0.2, -0.15) is 0 Å². The molecule has 2 aromatic heterocycles. The van der Waals surface area contributed by atoms with Crippen LogP contribution in [-0.4, -0.2) is 9.97 Å². The quantitative estimate of drug-likeness (QED) is 0.184. The maximum Gasteiger partial charge on any atom is 0.0972 e. The van der Waals surface area contributed by atoms with Crippen LogP contribution in [0.3, 0.4) is 0 Å². The first-order valence-corrected chi connectivity index (χ1v) is 16.5. The molecule has 3 heterocycles. The molecule has 0 unspecified atom stereocenters. The van der Waals surface area contributed by atoms with Crippen molar-refractivity contribution in [1.29, 1.82) is 0 Å². The van der Waals surface area contributed by atoms with Crippen molar-refractivity contribution in [3.8, 4) is 33.5 Å². The summed E-state index contributed by atoms with van der Waals surface area (Å²) in [5.74, 6) is 0. The topological polar surface area (TPSA) is 25.8 Å². The maximum atomic E-state index is 5.15. The summed E-state index contributed by atoms with van der Waals surface area (Å²) in [6, 6.07) is 55.4. The Kier molecular flexibility index (Phi) is 5.46. The van der Waals surface area contributed by atoms with Crippen molar-refractivity contribution < 1.29 is 0 Å². The molecular formula is C43H26N2S. The van der Waals surface area contributed by atoms with Gasteiger partial charge in [0, 0.05) is 32.3 Å². The van der Waals surface area contributed by atoms with Gasteiger partial charge < -0.3 is 0 Å². The monoisotopic (exact) mass is 602 g/mol. The minimum atomic E-state index is -0.383. The molecule has 0 bridgehead atoms. The second kappa shape index (κ2) is 9.74. The van der Waals surface area contributed by atoms with Crippen molar-refractivity contribution in [1.82, 2.24) is 9.97 Å². The summed E-state index contributed by atoms with van der Waals surface area (Å²) in [5, 5.41) is 2.20. The maximum absolute atomic E-state index is 5.15. The van der Waals surface area contributed by atoms with E-state index in [0.29, 0.717) is 0 Å². The van der Waals surface area contributed by atoms with Crippen molar-refractivity contribution >= 4 is 33.6 Å². The van der Waals surface area contributed by atoms with Crippen LogP contribution in [0.5, 0.6) is 0 Å². The minimum absolute atomic E-state index is 0.383. The summed E-state index contributed by atoms with van der Waals surface area (Å²) in [6.07, 6.45) is 1.84. The minimum Gasteiger partial charge on any atom is -0.254 e. The van der Waals surface area contributed by atoms with Gasteiger partial charge in [0.25, 0.3) is 0 Å². The fraction of sp³-hybridized carbons (Fsp3) is 0.0233. The highest BCUT2D eigenvalue weighted by Crippen LogP contribution is 2.62. The van der Waals surface area contributed by atoms with E-state index in [-0.39, 0.29) is 5.41 Å². The molecule has 0 fully saturated rings. The molecule has 214 valence electrons. The molecule has 6 aromatic carbocycles. The number of rotatable bonds is 2. The molecular weight excluding hydrogens is 577 g/mol. The van der Waals surface area contributed by atoms with Gasteiger partial charge >= 0.3 is 0 Å². The number of aromatic nitrogens is 2. The van der Waals surface area contributed by atoms with E-state index in [9.17, 15) is 0 Å². The third kappa shape index (κ3) is 3.55.